The van der Waals surface area contributed by atoms with Gasteiger partial charge in [-0.2, -0.15) is 0 Å². The molecular weight excluding hydrogens is 406 g/mol. The Labute approximate surface area is 171 Å². The van der Waals surface area contributed by atoms with Crippen LogP contribution in [0.25, 0.3) is 6.08 Å². The van der Waals surface area contributed by atoms with Crippen LogP contribution in [0, 0.1) is 0 Å². The standard InChI is InChI=1S/C18H19NO7S2/c1-3-26-12-6-4-10(8-13(12)25-2)9-14-16(22)19(18(27)28-14)11(17(23)24)5-7-15(20)21/h4,6,8-9,11H,3,5,7H2,1-2H3,(H,20,21)(H,23,24)/b14-9-. The lowest BCUT2D eigenvalue weighted by atomic mass is 10.1. The molecule has 0 aliphatic carbocycles. The molecule has 1 saturated heterocycles. The van der Waals surface area contributed by atoms with Crippen molar-refractivity contribution in [3.8, 4) is 11.5 Å². The number of carboxylic acids is 2. The van der Waals surface area contributed by atoms with Gasteiger partial charge in [0.2, 0.25) is 0 Å². The number of benzene rings is 1. The number of thioether (sulfide) groups is 1. The second-order valence-corrected chi connectivity index (χ2v) is 7.36. The molecule has 1 amide bonds. The zero-order valence-corrected chi connectivity index (χ0v) is 16.8. The molecule has 150 valence electrons. The molecular formula is C18H19NO7S2. The van der Waals surface area contributed by atoms with Crippen LogP contribution in [0.5, 0.6) is 11.5 Å². The summed E-state index contributed by atoms with van der Waals surface area (Å²) in [6.45, 7) is 2.32. The molecule has 1 unspecified atom stereocenters. The van der Waals surface area contributed by atoms with E-state index in [1.165, 1.54) is 7.11 Å². The van der Waals surface area contributed by atoms with E-state index in [2.05, 4.69) is 0 Å². The van der Waals surface area contributed by atoms with Gasteiger partial charge in [-0.1, -0.05) is 30.0 Å². The molecule has 2 rings (SSSR count). The fourth-order valence-electron chi connectivity index (χ4n) is 2.57. The molecule has 1 aliphatic heterocycles. The van der Waals surface area contributed by atoms with Crippen LogP contribution < -0.4 is 9.47 Å². The van der Waals surface area contributed by atoms with Gasteiger partial charge in [-0.05, 0) is 37.1 Å². The molecule has 1 atom stereocenters. The van der Waals surface area contributed by atoms with Crippen molar-refractivity contribution in [3.05, 3.63) is 28.7 Å². The van der Waals surface area contributed by atoms with Crippen molar-refractivity contribution in [1.82, 2.24) is 4.90 Å². The molecule has 8 nitrogen and oxygen atoms in total. The number of carbonyl (C=O) groups excluding carboxylic acids is 1. The van der Waals surface area contributed by atoms with Crippen LogP contribution in [0.4, 0.5) is 0 Å². The SMILES string of the molecule is CCOc1ccc(/C=C2\SC(=S)N(C(CCC(=O)O)C(=O)O)C2=O)cc1OC. The molecule has 2 N–H and O–H groups in total. The van der Waals surface area contributed by atoms with Gasteiger partial charge in [-0.15, -0.1) is 0 Å². The molecule has 1 aromatic carbocycles. The molecule has 0 bridgehead atoms. The third kappa shape index (κ3) is 5.02. The highest BCUT2D eigenvalue weighted by Gasteiger charge is 2.40. The summed E-state index contributed by atoms with van der Waals surface area (Å²) in [6.07, 6.45) is 0.956. The van der Waals surface area contributed by atoms with Crippen molar-refractivity contribution in [2.45, 2.75) is 25.8 Å². The van der Waals surface area contributed by atoms with E-state index in [0.29, 0.717) is 23.7 Å². The second-order valence-electron chi connectivity index (χ2n) is 5.68. The van der Waals surface area contributed by atoms with Crippen LogP contribution in [0.3, 0.4) is 0 Å². The molecule has 28 heavy (non-hydrogen) atoms. The Bertz CT molecular complexity index is 837. The lowest BCUT2D eigenvalue weighted by Crippen LogP contribution is -2.44. The number of methoxy groups -OCH3 is 1. The Kier molecular flexibility index (Phi) is 7.41. The van der Waals surface area contributed by atoms with Crippen molar-refractivity contribution in [2.24, 2.45) is 0 Å². The van der Waals surface area contributed by atoms with E-state index in [1.807, 2.05) is 6.92 Å². The van der Waals surface area contributed by atoms with E-state index in [-0.39, 0.29) is 22.1 Å². The highest BCUT2D eigenvalue weighted by Crippen LogP contribution is 2.36. The summed E-state index contributed by atoms with van der Waals surface area (Å²) in [6, 6.07) is 3.81. The number of aliphatic carboxylic acids is 2. The summed E-state index contributed by atoms with van der Waals surface area (Å²) in [5.74, 6) is -1.96. The largest absolute Gasteiger partial charge is 0.493 e. The summed E-state index contributed by atoms with van der Waals surface area (Å²) in [4.78, 5) is 36.2. The predicted molar refractivity (Wildman–Crippen MR) is 107 cm³/mol. The van der Waals surface area contributed by atoms with Crippen LogP contribution in [-0.4, -0.2) is 57.0 Å². The monoisotopic (exact) mass is 425 g/mol. The van der Waals surface area contributed by atoms with E-state index in [0.717, 1.165) is 16.7 Å². The Hall–Kier alpha value is -2.59. The Morgan fingerprint density at radius 2 is 2.04 bits per heavy atom. The minimum absolute atomic E-state index is 0.0759. The maximum absolute atomic E-state index is 12.7. The first-order chi connectivity index (χ1) is 13.3. The molecule has 0 saturated carbocycles. The molecule has 10 heteroatoms. The van der Waals surface area contributed by atoms with Crippen molar-refractivity contribution in [3.63, 3.8) is 0 Å². The minimum atomic E-state index is -1.33. The van der Waals surface area contributed by atoms with Crippen molar-refractivity contribution >= 4 is 52.2 Å². The number of amides is 1. The second kappa shape index (κ2) is 9.56. The summed E-state index contributed by atoms with van der Waals surface area (Å²) in [5, 5.41) is 18.2. The maximum Gasteiger partial charge on any atom is 0.326 e. The zero-order chi connectivity index (χ0) is 20.8. The quantitative estimate of drug-likeness (QED) is 0.455. The Morgan fingerprint density at radius 1 is 1.32 bits per heavy atom. The average molecular weight is 425 g/mol. The molecule has 0 aromatic heterocycles. The number of hydrogen-bond acceptors (Lipinski definition) is 7. The van der Waals surface area contributed by atoms with Gasteiger partial charge in [0.1, 0.15) is 10.4 Å². The fourth-order valence-corrected chi connectivity index (χ4v) is 3.93. The van der Waals surface area contributed by atoms with Gasteiger partial charge in [-0.25, -0.2) is 4.79 Å². The van der Waals surface area contributed by atoms with Crippen molar-refractivity contribution in [1.29, 1.82) is 0 Å². The van der Waals surface area contributed by atoms with Crippen LogP contribution in [0.1, 0.15) is 25.3 Å². The fraction of sp³-hybridized carbons (Fsp3) is 0.333. The van der Waals surface area contributed by atoms with Crippen LogP contribution in [-0.2, 0) is 14.4 Å². The van der Waals surface area contributed by atoms with Gasteiger partial charge in [0, 0.05) is 6.42 Å². The number of nitrogens with zero attached hydrogens (tertiary/aromatic N) is 1. The first kappa shape index (κ1) is 21.7. The first-order valence-corrected chi connectivity index (χ1v) is 9.53. The maximum atomic E-state index is 12.7. The molecule has 0 radical (unpaired) electrons. The zero-order valence-electron chi connectivity index (χ0n) is 15.2. The third-order valence-electron chi connectivity index (χ3n) is 3.84. The highest BCUT2D eigenvalue weighted by molar-refractivity contribution is 8.26. The van der Waals surface area contributed by atoms with Gasteiger partial charge in [0.05, 0.1) is 18.6 Å². The summed E-state index contributed by atoms with van der Waals surface area (Å²) >= 11 is 6.13. The number of ether oxygens (including phenoxy) is 2. The van der Waals surface area contributed by atoms with Gasteiger partial charge in [0.25, 0.3) is 5.91 Å². The van der Waals surface area contributed by atoms with Crippen LogP contribution in [0.15, 0.2) is 23.1 Å². The van der Waals surface area contributed by atoms with E-state index < -0.39 is 23.9 Å². The predicted octanol–water partition coefficient (Wildman–Crippen LogP) is 2.61. The highest BCUT2D eigenvalue weighted by atomic mass is 32.2. The lowest BCUT2D eigenvalue weighted by Gasteiger charge is -2.22. The lowest BCUT2D eigenvalue weighted by molar-refractivity contribution is -0.146. The van der Waals surface area contributed by atoms with E-state index >= 15 is 0 Å². The number of hydrogen-bond donors (Lipinski definition) is 2. The van der Waals surface area contributed by atoms with E-state index in [9.17, 15) is 19.5 Å². The molecule has 1 aromatic rings. The number of carbonyl (C=O) groups is 3. The number of thiocarbonyl (C=S) groups is 1. The smallest absolute Gasteiger partial charge is 0.326 e. The summed E-state index contributed by atoms with van der Waals surface area (Å²) in [7, 11) is 1.50. The average Bonchev–Trinajstić information content (AvgIpc) is 2.90. The normalized spacial score (nSPS) is 16.4. The molecule has 1 aliphatic rings. The molecule has 1 heterocycles. The van der Waals surface area contributed by atoms with E-state index in [4.69, 9.17) is 26.8 Å². The van der Waals surface area contributed by atoms with Gasteiger partial charge < -0.3 is 19.7 Å². The first-order valence-electron chi connectivity index (χ1n) is 8.31. The third-order valence-corrected chi connectivity index (χ3v) is 5.17. The molecule has 0 spiro atoms. The Morgan fingerprint density at radius 3 is 2.61 bits per heavy atom. The van der Waals surface area contributed by atoms with Crippen LogP contribution in [0.2, 0.25) is 0 Å². The molecule has 1 fully saturated rings. The summed E-state index contributed by atoms with van der Waals surface area (Å²) in [5.41, 5.74) is 0.651. The van der Waals surface area contributed by atoms with Crippen molar-refractivity contribution < 1.29 is 34.1 Å². The minimum Gasteiger partial charge on any atom is -0.493 e. The van der Waals surface area contributed by atoms with Gasteiger partial charge in [-0.3, -0.25) is 14.5 Å². The van der Waals surface area contributed by atoms with Crippen molar-refractivity contribution in [2.75, 3.05) is 13.7 Å². The topological polar surface area (TPSA) is 113 Å². The number of rotatable bonds is 9. The Balaban J connectivity index is 2.28. The van der Waals surface area contributed by atoms with Gasteiger partial charge in [0.15, 0.2) is 11.5 Å². The number of carboxylic acid groups (broad SMARTS) is 2. The van der Waals surface area contributed by atoms with Crippen LogP contribution >= 0.6 is 24.0 Å². The van der Waals surface area contributed by atoms with E-state index in [1.54, 1.807) is 24.3 Å². The summed E-state index contributed by atoms with van der Waals surface area (Å²) < 4.78 is 10.8. The van der Waals surface area contributed by atoms with Gasteiger partial charge >= 0.3 is 11.9 Å².